The molecule has 0 atom stereocenters. The fraction of sp³-hybridized carbons (Fsp3) is 0. The Hall–Kier alpha value is 1.30. The minimum Gasteiger partial charge on any atom is -0.0623 e. The van der Waals surface area contributed by atoms with Crippen LogP contribution in [0.15, 0.2) is 36.4 Å². The molecule has 0 amide bonds. The van der Waals surface area contributed by atoms with Crippen molar-refractivity contribution in [3.8, 4) is 0 Å². The number of hydrogen-bond acceptors (Lipinski definition) is 0. The largest absolute Gasteiger partial charge is 1.00 e. The Bertz CT molecular complexity index is 81.7. The molecular weight excluding hydrogens is 326 g/mol. The van der Waals surface area contributed by atoms with Gasteiger partial charge in [0.15, 0.2) is 0 Å². The SMILES string of the molecule is [Cu+].[Cu+].[Cu+].[Cu+].c1ccccc1. The maximum absolute atomic E-state index is 2.00. The van der Waals surface area contributed by atoms with E-state index in [2.05, 4.69) is 0 Å². The van der Waals surface area contributed by atoms with Gasteiger partial charge in [0.1, 0.15) is 0 Å². The summed E-state index contributed by atoms with van der Waals surface area (Å²) in [7, 11) is 0. The predicted molar refractivity (Wildman–Crippen MR) is 26.4 cm³/mol. The first-order chi connectivity index (χ1) is 3.00. The van der Waals surface area contributed by atoms with Crippen LogP contribution in [0.25, 0.3) is 0 Å². The van der Waals surface area contributed by atoms with Crippen molar-refractivity contribution in [3.63, 3.8) is 0 Å². The fourth-order valence-electron chi connectivity index (χ4n) is 0.385. The van der Waals surface area contributed by atoms with Gasteiger partial charge in [0.25, 0.3) is 0 Å². The Balaban J connectivity index is -0.0000000450. The van der Waals surface area contributed by atoms with Crippen molar-refractivity contribution in [2.45, 2.75) is 0 Å². The number of benzene rings is 1. The van der Waals surface area contributed by atoms with Gasteiger partial charge in [-0.15, -0.1) is 0 Å². The average molecular weight is 332 g/mol. The molecule has 0 aliphatic rings. The maximum Gasteiger partial charge on any atom is 1.00 e. The summed E-state index contributed by atoms with van der Waals surface area (Å²) in [6.07, 6.45) is 0. The summed E-state index contributed by atoms with van der Waals surface area (Å²) in [5.74, 6) is 0. The zero-order valence-corrected chi connectivity index (χ0v) is 8.44. The minimum atomic E-state index is 0. The van der Waals surface area contributed by atoms with Crippen LogP contribution in [0.5, 0.6) is 0 Å². The summed E-state index contributed by atoms with van der Waals surface area (Å²) >= 11 is 0. The third-order valence-electron chi connectivity index (χ3n) is 0.667. The van der Waals surface area contributed by atoms with Crippen LogP contribution >= 0.6 is 0 Å². The Labute approximate surface area is 104 Å². The summed E-state index contributed by atoms with van der Waals surface area (Å²) in [6, 6.07) is 12.0. The van der Waals surface area contributed by atoms with E-state index in [1.807, 2.05) is 36.4 Å². The van der Waals surface area contributed by atoms with Crippen LogP contribution in [0.3, 0.4) is 0 Å². The molecule has 10 heavy (non-hydrogen) atoms. The maximum atomic E-state index is 2.00. The van der Waals surface area contributed by atoms with Crippen LogP contribution < -0.4 is 0 Å². The quantitative estimate of drug-likeness (QED) is 0.634. The molecule has 0 fully saturated rings. The molecule has 0 unspecified atom stereocenters. The molecule has 1 rings (SSSR count). The van der Waals surface area contributed by atoms with Crippen molar-refractivity contribution in [2.24, 2.45) is 0 Å². The van der Waals surface area contributed by atoms with Crippen molar-refractivity contribution in [2.75, 3.05) is 0 Å². The Morgan fingerprint density at radius 1 is 0.300 bits per heavy atom. The van der Waals surface area contributed by atoms with Gasteiger partial charge in [-0.05, 0) is 0 Å². The van der Waals surface area contributed by atoms with Crippen LogP contribution in [0.4, 0.5) is 0 Å². The molecule has 4 heteroatoms. The van der Waals surface area contributed by atoms with Crippen LogP contribution in [-0.4, -0.2) is 0 Å². The number of hydrogen-bond donors (Lipinski definition) is 0. The predicted octanol–water partition coefficient (Wildman–Crippen LogP) is 1.68. The topological polar surface area (TPSA) is 0 Å². The molecule has 0 aliphatic heterocycles. The van der Waals surface area contributed by atoms with E-state index >= 15 is 0 Å². The van der Waals surface area contributed by atoms with Crippen LogP contribution in [0.1, 0.15) is 0 Å². The molecule has 0 nitrogen and oxygen atoms in total. The van der Waals surface area contributed by atoms with E-state index in [-0.39, 0.29) is 68.3 Å². The second-order valence-corrected chi connectivity index (χ2v) is 1.15. The molecule has 0 aliphatic carbocycles. The van der Waals surface area contributed by atoms with E-state index in [1.54, 1.807) is 0 Å². The Morgan fingerprint density at radius 2 is 0.400 bits per heavy atom. The fourth-order valence-corrected chi connectivity index (χ4v) is 0.385. The van der Waals surface area contributed by atoms with Crippen molar-refractivity contribution in [1.82, 2.24) is 0 Å². The van der Waals surface area contributed by atoms with E-state index in [1.165, 1.54) is 0 Å². The van der Waals surface area contributed by atoms with E-state index in [9.17, 15) is 0 Å². The molecule has 0 radical (unpaired) electrons. The zero-order valence-electron chi connectivity index (χ0n) is 4.67. The molecule has 0 N–H and O–H groups in total. The van der Waals surface area contributed by atoms with Gasteiger partial charge in [0.05, 0.1) is 0 Å². The summed E-state index contributed by atoms with van der Waals surface area (Å²) in [5.41, 5.74) is 0. The number of rotatable bonds is 0. The normalized spacial score (nSPS) is 4.80. The standard InChI is InChI=1S/C6H6.4Cu/c1-2-4-6-5-3-1;;;;/h1-6H;;;;/q;4*+1. The van der Waals surface area contributed by atoms with Gasteiger partial charge < -0.3 is 0 Å². The first kappa shape index (κ1) is 22.5. The second-order valence-electron chi connectivity index (χ2n) is 1.15. The van der Waals surface area contributed by atoms with Crippen LogP contribution in [0, 0.1) is 0 Å². The Morgan fingerprint density at radius 3 is 0.500 bits per heavy atom. The minimum absolute atomic E-state index is 0. The van der Waals surface area contributed by atoms with Gasteiger partial charge in [-0.2, -0.15) is 0 Å². The molecular formula is C6H6Cu4+4. The average Bonchev–Trinajstić information content (AvgIpc) is 1.72. The Kier molecular flexibility index (Phi) is 37.6. The molecule has 1 aromatic rings. The van der Waals surface area contributed by atoms with E-state index in [0.29, 0.717) is 0 Å². The first-order valence-electron chi connectivity index (χ1n) is 2.00. The molecule has 0 bridgehead atoms. The van der Waals surface area contributed by atoms with Crippen LogP contribution in [-0.2, 0) is 68.3 Å². The summed E-state index contributed by atoms with van der Waals surface area (Å²) in [6.45, 7) is 0. The molecule has 1 aromatic carbocycles. The van der Waals surface area contributed by atoms with Gasteiger partial charge in [-0.1, -0.05) is 36.4 Å². The van der Waals surface area contributed by atoms with Crippen molar-refractivity contribution in [3.05, 3.63) is 36.4 Å². The van der Waals surface area contributed by atoms with Crippen molar-refractivity contribution >= 4 is 0 Å². The molecule has 0 spiro atoms. The molecule has 70 valence electrons. The zero-order chi connectivity index (χ0) is 4.24. The van der Waals surface area contributed by atoms with Crippen molar-refractivity contribution < 1.29 is 68.3 Å². The molecule has 0 aromatic heterocycles. The molecule has 0 heterocycles. The van der Waals surface area contributed by atoms with Gasteiger partial charge in [-0.25, -0.2) is 0 Å². The molecule has 0 saturated heterocycles. The van der Waals surface area contributed by atoms with E-state index in [0.717, 1.165) is 0 Å². The van der Waals surface area contributed by atoms with Gasteiger partial charge in [0, 0.05) is 0 Å². The van der Waals surface area contributed by atoms with Crippen molar-refractivity contribution in [1.29, 1.82) is 0 Å². The van der Waals surface area contributed by atoms with Gasteiger partial charge >= 0.3 is 68.3 Å². The first-order valence-corrected chi connectivity index (χ1v) is 2.00. The second kappa shape index (κ2) is 16.7. The third kappa shape index (κ3) is 12.0. The smallest absolute Gasteiger partial charge is 0.0623 e. The van der Waals surface area contributed by atoms with Gasteiger partial charge in [0.2, 0.25) is 0 Å². The summed E-state index contributed by atoms with van der Waals surface area (Å²) in [4.78, 5) is 0. The third-order valence-corrected chi connectivity index (χ3v) is 0.667. The van der Waals surface area contributed by atoms with Gasteiger partial charge in [-0.3, -0.25) is 0 Å². The summed E-state index contributed by atoms with van der Waals surface area (Å²) < 4.78 is 0. The van der Waals surface area contributed by atoms with Crippen LogP contribution in [0.2, 0.25) is 0 Å². The van der Waals surface area contributed by atoms with E-state index < -0.39 is 0 Å². The van der Waals surface area contributed by atoms with E-state index in [4.69, 9.17) is 0 Å². The summed E-state index contributed by atoms with van der Waals surface area (Å²) in [5, 5.41) is 0. The molecule has 0 saturated carbocycles. The monoisotopic (exact) mass is 330 g/mol.